The lowest BCUT2D eigenvalue weighted by Crippen LogP contribution is -2.35. The van der Waals surface area contributed by atoms with Gasteiger partial charge in [-0.2, -0.15) is 0 Å². The van der Waals surface area contributed by atoms with Crippen molar-refractivity contribution in [3.63, 3.8) is 0 Å². The van der Waals surface area contributed by atoms with Crippen LogP contribution in [0.2, 0.25) is 0 Å². The number of phenols is 1. The molecule has 0 atom stereocenters. The number of morpholine rings is 1. The highest BCUT2D eigenvalue weighted by Gasteiger charge is 2.14. The number of nitrogens with zero attached hydrogens (tertiary/aromatic N) is 2. The highest BCUT2D eigenvalue weighted by molar-refractivity contribution is 5.80. The molecular formula is C19H19N3O3. The molecule has 0 bridgehead atoms. The van der Waals surface area contributed by atoms with E-state index in [1.807, 2.05) is 18.2 Å². The summed E-state index contributed by atoms with van der Waals surface area (Å²) in [6.45, 7) is 4.03. The molecule has 1 aromatic heterocycles. The summed E-state index contributed by atoms with van der Waals surface area (Å²) in [6.07, 6.45) is 0. The molecule has 0 unspecified atom stereocenters. The minimum atomic E-state index is -0.210. The molecule has 0 spiro atoms. The predicted molar refractivity (Wildman–Crippen MR) is 95.6 cm³/mol. The molecule has 1 aliphatic rings. The van der Waals surface area contributed by atoms with Crippen molar-refractivity contribution in [1.82, 2.24) is 14.9 Å². The Morgan fingerprint density at radius 2 is 1.96 bits per heavy atom. The fourth-order valence-corrected chi connectivity index (χ4v) is 3.10. The summed E-state index contributed by atoms with van der Waals surface area (Å²) < 4.78 is 5.37. The molecule has 0 saturated carbocycles. The van der Waals surface area contributed by atoms with Crippen LogP contribution in [0, 0.1) is 0 Å². The first-order chi connectivity index (χ1) is 12.2. The molecule has 1 fully saturated rings. The summed E-state index contributed by atoms with van der Waals surface area (Å²) in [5, 5.41) is 10.8. The van der Waals surface area contributed by atoms with Gasteiger partial charge in [0.1, 0.15) is 11.6 Å². The number of fused-ring (bicyclic) bond motifs is 1. The minimum absolute atomic E-state index is 0.101. The Labute approximate surface area is 144 Å². The van der Waals surface area contributed by atoms with E-state index in [4.69, 9.17) is 4.74 Å². The molecule has 2 heterocycles. The smallest absolute Gasteiger partial charge is 0.259 e. The highest BCUT2D eigenvalue weighted by Crippen LogP contribution is 2.28. The number of rotatable bonds is 3. The molecule has 25 heavy (non-hydrogen) atoms. The summed E-state index contributed by atoms with van der Waals surface area (Å²) in [6, 6.07) is 12.6. The Balaban J connectivity index is 1.72. The molecular weight excluding hydrogens is 318 g/mol. The fraction of sp³-hybridized carbons (Fsp3) is 0.263. The van der Waals surface area contributed by atoms with E-state index in [9.17, 15) is 9.90 Å². The van der Waals surface area contributed by atoms with Gasteiger partial charge in [-0.05, 0) is 29.8 Å². The van der Waals surface area contributed by atoms with Crippen molar-refractivity contribution in [2.45, 2.75) is 6.54 Å². The Kier molecular flexibility index (Phi) is 4.21. The summed E-state index contributed by atoms with van der Waals surface area (Å²) in [7, 11) is 0. The van der Waals surface area contributed by atoms with E-state index in [-0.39, 0.29) is 11.3 Å². The van der Waals surface area contributed by atoms with Gasteiger partial charge in [0.25, 0.3) is 5.56 Å². The van der Waals surface area contributed by atoms with Gasteiger partial charge in [0, 0.05) is 19.6 Å². The van der Waals surface area contributed by atoms with Crippen molar-refractivity contribution in [2.75, 3.05) is 26.3 Å². The van der Waals surface area contributed by atoms with Gasteiger partial charge in [0.15, 0.2) is 0 Å². The van der Waals surface area contributed by atoms with Crippen molar-refractivity contribution in [3.8, 4) is 17.1 Å². The van der Waals surface area contributed by atoms with Crippen LogP contribution in [-0.4, -0.2) is 46.3 Å². The maximum Gasteiger partial charge on any atom is 0.259 e. The average molecular weight is 337 g/mol. The third kappa shape index (κ3) is 3.26. The lowest BCUT2D eigenvalue weighted by molar-refractivity contribution is 0.0342. The molecule has 4 rings (SSSR count). The number of aromatic amines is 1. The number of benzene rings is 2. The monoisotopic (exact) mass is 337 g/mol. The normalized spacial score (nSPS) is 15.5. The second kappa shape index (κ2) is 6.66. The summed E-state index contributed by atoms with van der Waals surface area (Å²) in [5.41, 5.74) is 2.00. The number of para-hydroxylation sites is 1. The van der Waals surface area contributed by atoms with E-state index in [1.165, 1.54) is 0 Å². The van der Waals surface area contributed by atoms with Crippen LogP contribution in [-0.2, 0) is 11.3 Å². The number of hydrogen-bond acceptors (Lipinski definition) is 5. The zero-order valence-electron chi connectivity index (χ0n) is 13.7. The molecule has 1 aliphatic heterocycles. The molecule has 0 radical (unpaired) electrons. The van der Waals surface area contributed by atoms with Crippen LogP contribution in [0.25, 0.3) is 22.3 Å². The van der Waals surface area contributed by atoms with Crippen molar-refractivity contribution in [3.05, 3.63) is 58.4 Å². The molecule has 6 heteroatoms. The Hall–Kier alpha value is -2.70. The topological polar surface area (TPSA) is 78.5 Å². The van der Waals surface area contributed by atoms with Crippen molar-refractivity contribution >= 4 is 10.9 Å². The highest BCUT2D eigenvalue weighted by atomic mass is 16.5. The zero-order chi connectivity index (χ0) is 17.2. The van der Waals surface area contributed by atoms with Crippen molar-refractivity contribution < 1.29 is 9.84 Å². The van der Waals surface area contributed by atoms with Crippen LogP contribution in [0.4, 0.5) is 0 Å². The minimum Gasteiger partial charge on any atom is -0.507 e. The second-order valence-electron chi connectivity index (χ2n) is 6.17. The first kappa shape index (κ1) is 15.8. The van der Waals surface area contributed by atoms with E-state index >= 15 is 0 Å². The van der Waals surface area contributed by atoms with Crippen LogP contribution in [0.15, 0.2) is 47.3 Å². The Morgan fingerprint density at radius 3 is 2.80 bits per heavy atom. The predicted octanol–water partition coefficient (Wildman–Crippen LogP) is 2.13. The number of nitrogens with one attached hydrogen (secondary N) is 1. The summed E-state index contributed by atoms with van der Waals surface area (Å²) in [4.78, 5) is 21.9. The van der Waals surface area contributed by atoms with Gasteiger partial charge in [-0.25, -0.2) is 4.98 Å². The number of aromatic hydroxyl groups is 1. The summed E-state index contributed by atoms with van der Waals surface area (Å²) >= 11 is 0. The van der Waals surface area contributed by atoms with Gasteiger partial charge in [-0.1, -0.05) is 18.2 Å². The molecule has 128 valence electrons. The first-order valence-electron chi connectivity index (χ1n) is 8.32. The van der Waals surface area contributed by atoms with Gasteiger partial charge in [0.05, 0.1) is 29.7 Å². The lowest BCUT2D eigenvalue weighted by Gasteiger charge is -2.26. The van der Waals surface area contributed by atoms with E-state index in [2.05, 4.69) is 14.9 Å². The van der Waals surface area contributed by atoms with Crippen LogP contribution >= 0.6 is 0 Å². The Morgan fingerprint density at radius 1 is 1.16 bits per heavy atom. The van der Waals surface area contributed by atoms with Gasteiger partial charge in [0.2, 0.25) is 0 Å². The number of H-pyrrole nitrogens is 1. The van der Waals surface area contributed by atoms with Crippen LogP contribution < -0.4 is 5.56 Å². The molecule has 3 aromatic rings. The standard InChI is InChI=1S/C19H19N3O3/c23-17-6-5-13(12-22-7-9-25-10-8-22)11-15(17)18-20-16-4-2-1-3-14(16)19(24)21-18/h1-6,11,23H,7-10,12H2,(H,20,21,24). The average Bonchev–Trinajstić information content (AvgIpc) is 2.64. The molecule has 0 amide bonds. The maximum absolute atomic E-state index is 12.3. The van der Waals surface area contributed by atoms with E-state index in [0.29, 0.717) is 22.3 Å². The molecule has 2 N–H and O–H groups in total. The molecule has 2 aromatic carbocycles. The molecule has 0 aliphatic carbocycles. The van der Waals surface area contributed by atoms with E-state index in [1.54, 1.807) is 24.3 Å². The Bertz CT molecular complexity index is 962. The van der Waals surface area contributed by atoms with Gasteiger partial charge in [-0.15, -0.1) is 0 Å². The number of phenolic OH excluding ortho intramolecular Hbond substituents is 1. The van der Waals surface area contributed by atoms with E-state index < -0.39 is 0 Å². The SMILES string of the molecule is O=c1[nH]c(-c2cc(CN3CCOCC3)ccc2O)nc2ccccc12. The largest absolute Gasteiger partial charge is 0.507 e. The van der Waals surface area contributed by atoms with E-state index in [0.717, 1.165) is 38.4 Å². The van der Waals surface area contributed by atoms with Crippen LogP contribution in [0.3, 0.4) is 0 Å². The maximum atomic E-state index is 12.3. The zero-order valence-corrected chi connectivity index (χ0v) is 13.7. The fourth-order valence-electron chi connectivity index (χ4n) is 3.10. The van der Waals surface area contributed by atoms with Crippen LogP contribution in [0.5, 0.6) is 5.75 Å². The molecule has 1 saturated heterocycles. The second-order valence-corrected chi connectivity index (χ2v) is 6.17. The third-order valence-corrected chi connectivity index (χ3v) is 4.44. The van der Waals surface area contributed by atoms with Crippen LogP contribution in [0.1, 0.15) is 5.56 Å². The van der Waals surface area contributed by atoms with Gasteiger partial charge >= 0.3 is 0 Å². The third-order valence-electron chi connectivity index (χ3n) is 4.44. The number of aromatic nitrogens is 2. The number of hydrogen-bond donors (Lipinski definition) is 2. The van der Waals surface area contributed by atoms with Crippen molar-refractivity contribution in [2.24, 2.45) is 0 Å². The first-order valence-corrected chi connectivity index (χ1v) is 8.32. The van der Waals surface area contributed by atoms with Gasteiger partial charge < -0.3 is 14.8 Å². The quantitative estimate of drug-likeness (QED) is 0.765. The molecule has 6 nitrogen and oxygen atoms in total. The lowest BCUT2D eigenvalue weighted by atomic mass is 10.1. The number of ether oxygens (including phenoxy) is 1. The van der Waals surface area contributed by atoms with Crippen molar-refractivity contribution in [1.29, 1.82) is 0 Å². The summed E-state index contributed by atoms with van der Waals surface area (Å²) in [5.74, 6) is 0.481. The van der Waals surface area contributed by atoms with Gasteiger partial charge in [-0.3, -0.25) is 9.69 Å².